The second-order valence-corrected chi connectivity index (χ2v) is 4.32. The predicted octanol–water partition coefficient (Wildman–Crippen LogP) is 1.12. The van der Waals surface area contributed by atoms with Crippen LogP contribution in [0.1, 0.15) is 19.4 Å². The molecule has 0 aliphatic rings. The summed E-state index contributed by atoms with van der Waals surface area (Å²) < 4.78 is 0. The first kappa shape index (κ1) is 16.5. The van der Waals surface area contributed by atoms with Crippen LogP contribution in [0.3, 0.4) is 0 Å². The quantitative estimate of drug-likeness (QED) is 0.573. The molecule has 1 rings (SSSR count). The van der Waals surface area contributed by atoms with Crippen LogP contribution >= 0.6 is 0 Å². The Kier molecular flexibility index (Phi) is 5.73. The molecule has 0 radical (unpaired) electrons. The maximum atomic E-state index is 11.5. The van der Waals surface area contributed by atoms with Crippen molar-refractivity contribution in [3.8, 4) is 0 Å². The predicted molar refractivity (Wildman–Crippen MR) is 74.7 cm³/mol. The van der Waals surface area contributed by atoms with Crippen LogP contribution < -0.4 is 10.6 Å². The molecule has 0 aliphatic carbocycles. The van der Waals surface area contributed by atoms with E-state index in [0.29, 0.717) is 6.54 Å². The summed E-state index contributed by atoms with van der Waals surface area (Å²) >= 11 is 0. The number of benzene rings is 1. The monoisotopic (exact) mass is 296 g/mol. The number of carbonyl (C=O) groups excluding carboxylic acids is 1. The molecule has 0 fully saturated rings. The van der Waals surface area contributed by atoms with Gasteiger partial charge in [0, 0.05) is 24.7 Å². The van der Waals surface area contributed by atoms with Gasteiger partial charge in [0.1, 0.15) is 0 Å². The molecule has 1 aromatic carbocycles. The van der Waals surface area contributed by atoms with Crippen molar-refractivity contribution in [2.75, 3.05) is 6.54 Å². The highest BCUT2D eigenvalue weighted by atomic mass is 16.6. The largest absolute Gasteiger partial charge is 0.355 e. The lowest BCUT2D eigenvalue weighted by Crippen LogP contribution is -2.41. The van der Waals surface area contributed by atoms with Crippen molar-refractivity contribution in [2.45, 2.75) is 26.4 Å². The van der Waals surface area contributed by atoms with E-state index >= 15 is 0 Å². The summed E-state index contributed by atoms with van der Waals surface area (Å²) in [6, 6.07) is 2.89. The van der Waals surface area contributed by atoms with Crippen LogP contribution in [-0.4, -0.2) is 28.3 Å². The third-order valence-electron chi connectivity index (χ3n) is 2.82. The molecule has 0 aromatic heterocycles. The summed E-state index contributed by atoms with van der Waals surface area (Å²) in [5, 5.41) is 27.0. The standard InChI is InChI=1S/C12H16N4O5/c1-3-13-12(17)8(2)14-7-9-4-5-10(15(18)19)6-11(9)16(20)21/h4-6,8,14H,3,7H2,1-2H3,(H,13,17). The average Bonchev–Trinajstić information content (AvgIpc) is 2.44. The van der Waals surface area contributed by atoms with Gasteiger partial charge in [0.2, 0.25) is 5.91 Å². The van der Waals surface area contributed by atoms with Gasteiger partial charge in [-0.15, -0.1) is 0 Å². The fourth-order valence-electron chi connectivity index (χ4n) is 1.67. The van der Waals surface area contributed by atoms with Crippen LogP contribution in [0, 0.1) is 20.2 Å². The Bertz CT molecular complexity index is 561. The van der Waals surface area contributed by atoms with Gasteiger partial charge in [-0.2, -0.15) is 0 Å². The number of nitrogens with one attached hydrogen (secondary N) is 2. The molecule has 114 valence electrons. The highest BCUT2D eigenvalue weighted by Gasteiger charge is 2.20. The maximum absolute atomic E-state index is 11.5. The molecule has 0 bridgehead atoms. The number of hydrogen-bond donors (Lipinski definition) is 2. The number of hydrogen-bond acceptors (Lipinski definition) is 6. The summed E-state index contributed by atoms with van der Waals surface area (Å²) in [7, 11) is 0. The first-order chi connectivity index (χ1) is 9.86. The first-order valence-electron chi connectivity index (χ1n) is 6.29. The van der Waals surface area contributed by atoms with Gasteiger partial charge in [0.25, 0.3) is 11.4 Å². The van der Waals surface area contributed by atoms with Crippen LogP contribution in [0.25, 0.3) is 0 Å². The van der Waals surface area contributed by atoms with E-state index in [0.717, 1.165) is 6.07 Å². The molecular weight excluding hydrogens is 280 g/mol. The molecular formula is C12H16N4O5. The Morgan fingerprint density at radius 2 is 1.95 bits per heavy atom. The Hall–Kier alpha value is -2.55. The normalized spacial score (nSPS) is 11.7. The topological polar surface area (TPSA) is 127 Å². The van der Waals surface area contributed by atoms with E-state index in [9.17, 15) is 25.0 Å². The van der Waals surface area contributed by atoms with Gasteiger partial charge in [-0.05, 0) is 19.9 Å². The highest BCUT2D eigenvalue weighted by Crippen LogP contribution is 2.24. The minimum atomic E-state index is -0.693. The average molecular weight is 296 g/mol. The van der Waals surface area contributed by atoms with Gasteiger partial charge < -0.3 is 10.6 Å². The van der Waals surface area contributed by atoms with Gasteiger partial charge in [-0.3, -0.25) is 25.0 Å². The number of nitro groups is 2. The second-order valence-electron chi connectivity index (χ2n) is 4.32. The van der Waals surface area contributed by atoms with Gasteiger partial charge >= 0.3 is 0 Å². The molecule has 9 nitrogen and oxygen atoms in total. The number of nitro benzene ring substituents is 2. The van der Waals surface area contributed by atoms with E-state index in [1.54, 1.807) is 13.8 Å². The smallest absolute Gasteiger partial charge is 0.280 e. The number of carbonyl (C=O) groups is 1. The van der Waals surface area contributed by atoms with Crippen molar-refractivity contribution >= 4 is 17.3 Å². The van der Waals surface area contributed by atoms with E-state index in [4.69, 9.17) is 0 Å². The molecule has 9 heteroatoms. The van der Waals surface area contributed by atoms with Crippen molar-refractivity contribution in [3.63, 3.8) is 0 Å². The van der Waals surface area contributed by atoms with Gasteiger partial charge in [0.05, 0.1) is 22.0 Å². The minimum absolute atomic E-state index is 0.0621. The molecule has 1 aromatic rings. The fourth-order valence-corrected chi connectivity index (χ4v) is 1.67. The van der Waals surface area contributed by atoms with Crippen LogP contribution in [-0.2, 0) is 11.3 Å². The highest BCUT2D eigenvalue weighted by molar-refractivity contribution is 5.81. The maximum Gasteiger partial charge on any atom is 0.280 e. The van der Waals surface area contributed by atoms with Crippen LogP contribution in [0.15, 0.2) is 18.2 Å². The second kappa shape index (κ2) is 7.29. The Morgan fingerprint density at radius 3 is 2.48 bits per heavy atom. The van der Waals surface area contributed by atoms with E-state index < -0.39 is 15.9 Å². The number of likely N-dealkylation sites (N-methyl/N-ethyl adjacent to an activating group) is 1. The van der Waals surface area contributed by atoms with E-state index in [1.807, 2.05) is 0 Å². The Labute approximate surface area is 120 Å². The Morgan fingerprint density at radius 1 is 1.29 bits per heavy atom. The number of amides is 1. The third kappa shape index (κ3) is 4.49. The van der Waals surface area contributed by atoms with E-state index in [-0.39, 0.29) is 29.4 Å². The molecule has 0 saturated carbocycles. The molecule has 0 saturated heterocycles. The molecule has 1 unspecified atom stereocenters. The number of non-ortho nitro benzene ring substituents is 1. The fraction of sp³-hybridized carbons (Fsp3) is 0.417. The number of rotatable bonds is 7. The third-order valence-corrected chi connectivity index (χ3v) is 2.82. The van der Waals surface area contributed by atoms with Gasteiger partial charge in [0.15, 0.2) is 0 Å². The van der Waals surface area contributed by atoms with Crippen LogP contribution in [0.4, 0.5) is 11.4 Å². The zero-order valence-electron chi connectivity index (χ0n) is 11.7. The summed E-state index contributed by atoms with van der Waals surface area (Å²) in [6.45, 7) is 3.96. The van der Waals surface area contributed by atoms with E-state index in [1.165, 1.54) is 12.1 Å². The lowest BCUT2D eigenvalue weighted by Gasteiger charge is -2.13. The summed E-state index contributed by atoms with van der Waals surface area (Å²) in [4.78, 5) is 31.7. The lowest BCUT2D eigenvalue weighted by molar-refractivity contribution is -0.394. The molecule has 1 atom stereocenters. The first-order valence-corrected chi connectivity index (χ1v) is 6.29. The minimum Gasteiger partial charge on any atom is -0.355 e. The van der Waals surface area contributed by atoms with E-state index in [2.05, 4.69) is 10.6 Å². The molecule has 0 heterocycles. The summed E-state index contributed by atoms with van der Waals surface area (Å²) in [5.74, 6) is -0.220. The summed E-state index contributed by atoms with van der Waals surface area (Å²) in [6.07, 6.45) is 0. The molecule has 1 amide bonds. The molecule has 0 spiro atoms. The zero-order valence-corrected chi connectivity index (χ0v) is 11.7. The Balaban J connectivity index is 2.86. The van der Waals surface area contributed by atoms with Crippen molar-refractivity contribution in [2.24, 2.45) is 0 Å². The molecule has 0 aliphatic heterocycles. The van der Waals surface area contributed by atoms with Crippen LogP contribution in [0.5, 0.6) is 0 Å². The summed E-state index contributed by atoms with van der Waals surface area (Å²) in [5.41, 5.74) is -0.413. The molecule has 21 heavy (non-hydrogen) atoms. The van der Waals surface area contributed by atoms with Crippen molar-refractivity contribution < 1.29 is 14.6 Å². The molecule has 2 N–H and O–H groups in total. The van der Waals surface area contributed by atoms with Gasteiger partial charge in [-0.25, -0.2) is 0 Å². The number of nitrogens with zero attached hydrogens (tertiary/aromatic N) is 2. The van der Waals surface area contributed by atoms with Crippen molar-refractivity contribution in [1.29, 1.82) is 0 Å². The van der Waals surface area contributed by atoms with Gasteiger partial charge in [-0.1, -0.05) is 0 Å². The zero-order chi connectivity index (χ0) is 16.0. The van der Waals surface area contributed by atoms with Crippen LogP contribution in [0.2, 0.25) is 0 Å². The van der Waals surface area contributed by atoms with Crippen molar-refractivity contribution in [3.05, 3.63) is 44.0 Å². The van der Waals surface area contributed by atoms with Crippen molar-refractivity contribution in [1.82, 2.24) is 10.6 Å². The SMILES string of the molecule is CCNC(=O)C(C)NCc1ccc([N+](=O)[O-])cc1[N+](=O)[O-]. The lowest BCUT2D eigenvalue weighted by atomic mass is 10.1.